The van der Waals surface area contributed by atoms with Crippen LogP contribution in [0.15, 0.2) is 24.5 Å². The summed E-state index contributed by atoms with van der Waals surface area (Å²) < 4.78 is 0. The molecular weight excluding hydrogens is 414 g/mol. The summed E-state index contributed by atoms with van der Waals surface area (Å²) in [5, 5.41) is 12.3. The lowest BCUT2D eigenvalue weighted by Gasteiger charge is -2.16. The number of pyridine rings is 1. The predicted molar refractivity (Wildman–Crippen MR) is 122 cm³/mol. The number of nitrogens with zero attached hydrogens (tertiary/aromatic N) is 1. The molecule has 2 fully saturated rings. The molecule has 1 aromatic rings. The minimum Gasteiger partial charge on any atom is -0.356 e. The van der Waals surface area contributed by atoms with Crippen LogP contribution in [0.25, 0.3) is 0 Å². The summed E-state index contributed by atoms with van der Waals surface area (Å²) in [6.45, 7) is 1.20. The summed E-state index contributed by atoms with van der Waals surface area (Å²) in [7, 11) is 0. The average molecular weight is 448 g/mol. The van der Waals surface area contributed by atoms with Crippen molar-refractivity contribution in [3.8, 4) is 0 Å². The molecule has 170 valence electrons. The number of thioether (sulfide) groups is 1. The summed E-state index contributed by atoms with van der Waals surface area (Å²) in [5.74, 6) is 1.13. The van der Waals surface area contributed by atoms with Gasteiger partial charge in [-0.2, -0.15) is 11.8 Å². The number of rotatable bonds is 13. The molecule has 3 heterocycles. The van der Waals surface area contributed by atoms with Crippen LogP contribution < -0.4 is 21.3 Å². The molecule has 2 aliphatic heterocycles. The van der Waals surface area contributed by atoms with Gasteiger partial charge in [0, 0.05) is 49.3 Å². The van der Waals surface area contributed by atoms with Gasteiger partial charge in [-0.15, -0.1) is 0 Å². The zero-order valence-corrected chi connectivity index (χ0v) is 18.7. The highest BCUT2D eigenvalue weighted by atomic mass is 32.2. The van der Waals surface area contributed by atoms with Gasteiger partial charge in [-0.3, -0.25) is 14.6 Å². The van der Waals surface area contributed by atoms with Crippen molar-refractivity contribution in [3.63, 3.8) is 0 Å². The standard InChI is InChI=1S/C22H33N5O3S/c28-19(8-4-3-6-18-21-17(15-31-18)26-22(30)27-21)24-11-5-1-2-7-20(29)25-14-16-9-12-23-13-10-16/h9-10,12-13,17-18,21H,1-8,11,14-15H2,(H,24,28)(H,25,29)(H2,26,27,30)/t17-,18-,21-/m0/s1. The van der Waals surface area contributed by atoms with Crippen molar-refractivity contribution in [2.75, 3.05) is 12.3 Å². The van der Waals surface area contributed by atoms with E-state index in [4.69, 9.17) is 0 Å². The average Bonchev–Trinajstić information content (AvgIpc) is 3.32. The van der Waals surface area contributed by atoms with E-state index < -0.39 is 0 Å². The normalized spacial score (nSPS) is 21.8. The molecule has 8 nitrogen and oxygen atoms in total. The molecule has 3 atom stereocenters. The fraction of sp³-hybridized carbons (Fsp3) is 0.636. The van der Waals surface area contributed by atoms with Crippen LogP contribution in [-0.2, 0) is 16.1 Å². The van der Waals surface area contributed by atoms with Gasteiger partial charge >= 0.3 is 6.03 Å². The summed E-state index contributed by atoms with van der Waals surface area (Å²) in [6, 6.07) is 4.23. The van der Waals surface area contributed by atoms with Gasteiger partial charge < -0.3 is 21.3 Å². The molecule has 9 heteroatoms. The second-order valence-electron chi connectivity index (χ2n) is 8.16. The lowest BCUT2D eigenvalue weighted by atomic mass is 10.0. The Bertz CT molecular complexity index is 733. The van der Waals surface area contributed by atoms with E-state index in [-0.39, 0.29) is 29.9 Å². The quantitative estimate of drug-likeness (QED) is 0.273. The zero-order valence-electron chi connectivity index (χ0n) is 17.9. The van der Waals surface area contributed by atoms with E-state index >= 15 is 0 Å². The molecule has 0 unspecified atom stereocenters. The molecule has 4 N–H and O–H groups in total. The molecule has 4 amide bonds. The maximum Gasteiger partial charge on any atom is 0.315 e. The highest BCUT2D eigenvalue weighted by Gasteiger charge is 2.42. The Labute approximate surface area is 188 Å². The van der Waals surface area contributed by atoms with Crippen molar-refractivity contribution >= 4 is 29.6 Å². The highest BCUT2D eigenvalue weighted by Crippen LogP contribution is 2.33. The topological polar surface area (TPSA) is 112 Å². The number of hydrogen-bond acceptors (Lipinski definition) is 5. The molecular formula is C22H33N5O3S. The van der Waals surface area contributed by atoms with Gasteiger partial charge in [-0.1, -0.05) is 12.8 Å². The van der Waals surface area contributed by atoms with Crippen LogP contribution in [0.5, 0.6) is 0 Å². The number of unbranched alkanes of at least 4 members (excludes halogenated alkanes) is 3. The molecule has 0 bridgehead atoms. The number of hydrogen-bond donors (Lipinski definition) is 4. The first-order valence-electron chi connectivity index (χ1n) is 11.2. The smallest absolute Gasteiger partial charge is 0.315 e. The molecule has 0 aliphatic carbocycles. The van der Waals surface area contributed by atoms with Crippen molar-refractivity contribution in [1.29, 1.82) is 0 Å². The molecule has 3 rings (SSSR count). The van der Waals surface area contributed by atoms with Gasteiger partial charge in [0.15, 0.2) is 0 Å². The van der Waals surface area contributed by atoms with E-state index in [9.17, 15) is 14.4 Å². The first-order chi connectivity index (χ1) is 15.1. The number of nitrogens with one attached hydrogen (secondary N) is 4. The Morgan fingerprint density at radius 3 is 2.55 bits per heavy atom. The van der Waals surface area contributed by atoms with Crippen LogP contribution in [0, 0.1) is 0 Å². The van der Waals surface area contributed by atoms with Crippen molar-refractivity contribution in [2.24, 2.45) is 0 Å². The molecule has 31 heavy (non-hydrogen) atoms. The maximum atomic E-state index is 12.0. The molecule has 0 spiro atoms. The van der Waals surface area contributed by atoms with E-state index in [1.54, 1.807) is 12.4 Å². The summed E-state index contributed by atoms with van der Waals surface area (Å²) >= 11 is 1.91. The largest absolute Gasteiger partial charge is 0.356 e. The van der Waals surface area contributed by atoms with Crippen LogP contribution in [0.2, 0.25) is 0 Å². The van der Waals surface area contributed by atoms with Crippen LogP contribution in [-0.4, -0.2) is 52.5 Å². The summed E-state index contributed by atoms with van der Waals surface area (Å²) in [6.07, 6.45) is 10.0. The van der Waals surface area contributed by atoms with Crippen LogP contribution >= 0.6 is 11.8 Å². The highest BCUT2D eigenvalue weighted by molar-refractivity contribution is 8.00. The van der Waals surface area contributed by atoms with E-state index in [2.05, 4.69) is 26.3 Å². The van der Waals surface area contributed by atoms with Gasteiger partial charge in [0.05, 0.1) is 12.1 Å². The number of carbonyl (C=O) groups is 3. The Morgan fingerprint density at radius 1 is 1.00 bits per heavy atom. The Kier molecular flexibility index (Phi) is 9.45. The number of carbonyl (C=O) groups excluding carboxylic acids is 3. The number of aromatic nitrogens is 1. The molecule has 0 aromatic carbocycles. The van der Waals surface area contributed by atoms with Gasteiger partial charge in [-0.25, -0.2) is 4.79 Å². The second-order valence-corrected chi connectivity index (χ2v) is 9.43. The Morgan fingerprint density at radius 2 is 1.74 bits per heavy atom. The van der Waals surface area contributed by atoms with Gasteiger partial charge in [-0.05, 0) is 43.4 Å². The first kappa shape index (κ1) is 23.4. The van der Waals surface area contributed by atoms with Crippen LogP contribution in [0.3, 0.4) is 0 Å². The van der Waals surface area contributed by atoms with Gasteiger partial charge in [0.1, 0.15) is 0 Å². The van der Waals surface area contributed by atoms with E-state index in [1.165, 1.54) is 0 Å². The lowest BCUT2D eigenvalue weighted by Crippen LogP contribution is -2.36. The minimum atomic E-state index is -0.0507. The molecule has 0 radical (unpaired) electrons. The number of amides is 4. The SMILES string of the molecule is O=C(CCCC[C@@H]1SC[C@@H]2NC(=O)N[C@@H]21)NCCCCCC(=O)NCc1ccncc1. The minimum absolute atomic E-state index is 0.0507. The van der Waals surface area contributed by atoms with Gasteiger partial charge in [0.25, 0.3) is 0 Å². The third-order valence-corrected chi connectivity index (χ3v) is 7.23. The van der Waals surface area contributed by atoms with Crippen molar-refractivity contribution < 1.29 is 14.4 Å². The van der Waals surface area contributed by atoms with E-state index in [1.807, 2.05) is 23.9 Å². The fourth-order valence-electron chi connectivity index (χ4n) is 3.97. The third-order valence-electron chi connectivity index (χ3n) is 5.72. The van der Waals surface area contributed by atoms with E-state index in [0.717, 1.165) is 49.8 Å². The van der Waals surface area contributed by atoms with Gasteiger partial charge in [0.2, 0.25) is 11.8 Å². The number of urea groups is 1. The van der Waals surface area contributed by atoms with Crippen molar-refractivity contribution in [1.82, 2.24) is 26.3 Å². The lowest BCUT2D eigenvalue weighted by molar-refractivity contribution is -0.122. The van der Waals surface area contributed by atoms with Crippen LogP contribution in [0.4, 0.5) is 4.79 Å². The number of fused-ring (bicyclic) bond motifs is 1. The zero-order chi connectivity index (χ0) is 21.9. The third kappa shape index (κ3) is 8.05. The molecule has 1 aromatic heterocycles. The van der Waals surface area contributed by atoms with E-state index in [0.29, 0.717) is 31.2 Å². The Balaban J connectivity index is 1.13. The maximum absolute atomic E-state index is 12.0. The second kappa shape index (κ2) is 12.5. The Hall–Kier alpha value is -2.29. The molecule has 2 aliphatic rings. The summed E-state index contributed by atoms with van der Waals surface area (Å²) in [5.41, 5.74) is 1.04. The molecule has 0 saturated carbocycles. The summed E-state index contributed by atoms with van der Waals surface area (Å²) in [4.78, 5) is 39.2. The first-order valence-corrected chi connectivity index (χ1v) is 12.3. The predicted octanol–water partition coefficient (Wildman–Crippen LogP) is 2.10. The van der Waals surface area contributed by atoms with Crippen molar-refractivity contribution in [2.45, 2.75) is 75.2 Å². The fourth-order valence-corrected chi connectivity index (χ4v) is 5.51. The van der Waals surface area contributed by atoms with Crippen molar-refractivity contribution in [3.05, 3.63) is 30.1 Å². The molecule has 2 saturated heterocycles. The van der Waals surface area contributed by atoms with Crippen LogP contribution in [0.1, 0.15) is 56.9 Å². The monoisotopic (exact) mass is 447 g/mol.